The van der Waals surface area contributed by atoms with E-state index in [1.807, 2.05) is 11.4 Å². The van der Waals surface area contributed by atoms with Gasteiger partial charge in [0.2, 0.25) is 10.0 Å². The molecule has 0 aliphatic carbocycles. The highest BCUT2D eigenvalue weighted by Crippen LogP contribution is 2.25. The quantitative estimate of drug-likeness (QED) is 0.822. The predicted molar refractivity (Wildman–Crippen MR) is 68.5 cm³/mol. The SMILES string of the molecule is O=S(=O)(CCCCO)N1CCc2sccc2C1. The Labute approximate surface area is 106 Å². The van der Waals surface area contributed by atoms with Gasteiger partial charge in [-0.05, 0) is 36.3 Å². The second-order valence-corrected chi connectivity index (χ2v) is 7.29. The molecule has 17 heavy (non-hydrogen) atoms. The number of thiophene rings is 1. The van der Waals surface area contributed by atoms with E-state index >= 15 is 0 Å². The molecule has 4 nitrogen and oxygen atoms in total. The van der Waals surface area contributed by atoms with Crippen LogP contribution in [0.25, 0.3) is 0 Å². The Morgan fingerprint density at radius 3 is 3.00 bits per heavy atom. The molecule has 0 radical (unpaired) electrons. The Kier molecular flexibility index (Phi) is 4.19. The van der Waals surface area contributed by atoms with E-state index in [0.717, 1.165) is 12.0 Å². The molecule has 0 bridgehead atoms. The van der Waals surface area contributed by atoms with Crippen molar-refractivity contribution in [3.05, 3.63) is 21.9 Å². The molecule has 0 saturated heterocycles. The van der Waals surface area contributed by atoms with E-state index in [0.29, 0.717) is 25.9 Å². The Hall–Kier alpha value is -0.430. The smallest absolute Gasteiger partial charge is 0.214 e. The third kappa shape index (κ3) is 3.07. The summed E-state index contributed by atoms with van der Waals surface area (Å²) in [5.41, 5.74) is 1.15. The van der Waals surface area contributed by atoms with Gasteiger partial charge in [-0.1, -0.05) is 0 Å². The molecule has 6 heteroatoms. The van der Waals surface area contributed by atoms with Gasteiger partial charge in [0, 0.05) is 24.6 Å². The summed E-state index contributed by atoms with van der Waals surface area (Å²) in [4.78, 5) is 1.31. The Morgan fingerprint density at radius 1 is 1.41 bits per heavy atom. The van der Waals surface area contributed by atoms with Crippen LogP contribution in [0.2, 0.25) is 0 Å². The first-order valence-electron chi connectivity index (χ1n) is 5.77. The molecule has 2 rings (SSSR count). The Bertz CT molecular complexity index is 467. The molecular weight excluding hydrogens is 258 g/mol. The molecule has 96 valence electrons. The fourth-order valence-corrected chi connectivity index (χ4v) is 4.41. The standard InChI is InChI=1S/C11H17NO3S2/c13-6-1-2-8-17(14,15)12-5-3-11-10(9-12)4-7-16-11/h4,7,13H,1-3,5-6,8-9H2. The van der Waals surface area contributed by atoms with Gasteiger partial charge in [0.05, 0.1) is 5.75 Å². The minimum atomic E-state index is -3.15. The molecule has 1 aliphatic heterocycles. The van der Waals surface area contributed by atoms with Gasteiger partial charge in [-0.2, -0.15) is 4.31 Å². The molecule has 1 aliphatic rings. The van der Waals surface area contributed by atoms with Crippen molar-refractivity contribution < 1.29 is 13.5 Å². The average Bonchev–Trinajstić information content (AvgIpc) is 2.76. The number of sulfonamides is 1. The van der Waals surface area contributed by atoms with Gasteiger partial charge in [-0.25, -0.2) is 8.42 Å². The molecule has 1 N–H and O–H groups in total. The van der Waals surface area contributed by atoms with Gasteiger partial charge < -0.3 is 5.11 Å². The first kappa shape index (κ1) is 13.0. The summed E-state index contributed by atoms with van der Waals surface area (Å²) in [6.07, 6.45) is 1.91. The van der Waals surface area contributed by atoms with E-state index < -0.39 is 10.0 Å². The molecule has 0 amide bonds. The zero-order valence-corrected chi connectivity index (χ0v) is 11.3. The zero-order chi connectivity index (χ0) is 12.3. The van der Waals surface area contributed by atoms with Crippen LogP contribution in [-0.4, -0.2) is 36.7 Å². The summed E-state index contributed by atoms with van der Waals surface area (Å²) in [5.74, 6) is 0.146. The van der Waals surface area contributed by atoms with Gasteiger partial charge in [0.25, 0.3) is 0 Å². The number of hydrogen-bond donors (Lipinski definition) is 1. The predicted octanol–water partition coefficient (Wildman–Crippen LogP) is 1.21. The topological polar surface area (TPSA) is 57.6 Å². The number of hydrogen-bond acceptors (Lipinski definition) is 4. The summed E-state index contributed by atoms with van der Waals surface area (Å²) < 4.78 is 25.6. The summed E-state index contributed by atoms with van der Waals surface area (Å²) in [6, 6.07) is 2.01. The summed E-state index contributed by atoms with van der Waals surface area (Å²) >= 11 is 1.70. The molecule has 0 aromatic carbocycles. The molecule has 0 atom stereocenters. The number of rotatable bonds is 5. The van der Waals surface area contributed by atoms with Crippen LogP contribution in [0.15, 0.2) is 11.4 Å². The van der Waals surface area contributed by atoms with Crippen molar-refractivity contribution in [2.24, 2.45) is 0 Å². The van der Waals surface area contributed by atoms with Crippen LogP contribution in [0, 0.1) is 0 Å². The summed E-state index contributed by atoms with van der Waals surface area (Å²) in [6.45, 7) is 1.17. The van der Waals surface area contributed by atoms with Crippen molar-refractivity contribution in [3.8, 4) is 0 Å². The second kappa shape index (κ2) is 5.48. The van der Waals surface area contributed by atoms with Crippen LogP contribution < -0.4 is 0 Å². The third-order valence-electron chi connectivity index (χ3n) is 2.98. The molecule has 0 unspecified atom stereocenters. The lowest BCUT2D eigenvalue weighted by Gasteiger charge is -2.26. The Morgan fingerprint density at radius 2 is 2.24 bits per heavy atom. The van der Waals surface area contributed by atoms with Crippen molar-refractivity contribution in [1.82, 2.24) is 4.31 Å². The van der Waals surface area contributed by atoms with Crippen LogP contribution in [0.5, 0.6) is 0 Å². The fraction of sp³-hybridized carbons (Fsp3) is 0.636. The zero-order valence-electron chi connectivity index (χ0n) is 9.63. The highest BCUT2D eigenvalue weighted by atomic mass is 32.2. The first-order valence-corrected chi connectivity index (χ1v) is 8.26. The van der Waals surface area contributed by atoms with E-state index in [1.54, 1.807) is 15.6 Å². The minimum Gasteiger partial charge on any atom is -0.396 e. The lowest BCUT2D eigenvalue weighted by molar-refractivity contribution is 0.286. The normalized spacial score (nSPS) is 17.0. The summed E-state index contributed by atoms with van der Waals surface area (Å²) in [5, 5.41) is 10.7. The van der Waals surface area contributed by atoms with Crippen molar-refractivity contribution in [3.63, 3.8) is 0 Å². The van der Waals surface area contributed by atoms with Crippen LogP contribution in [0.3, 0.4) is 0 Å². The molecule has 1 aromatic rings. The highest BCUT2D eigenvalue weighted by Gasteiger charge is 2.26. The lowest BCUT2D eigenvalue weighted by atomic mass is 10.1. The number of aliphatic hydroxyl groups excluding tert-OH is 1. The number of aliphatic hydroxyl groups is 1. The Balaban J connectivity index is 2.00. The minimum absolute atomic E-state index is 0.0597. The van der Waals surface area contributed by atoms with E-state index in [2.05, 4.69) is 0 Å². The van der Waals surface area contributed by atoms with Gasteiger partial charge in [-0.15, -0.1) is 11.3 Å². The van der Waals surface area contributed by atoms with Gasteiger partial charge >= 0.3 is 0 Å². The molecule has 2 heterocycles. The molecule has 0 saturated carbocycles. The monoisotopic (exact) mass is 275 g/mol. The molecular formula is C11H17NO3S2. The molecule has 0 fully saturated rings. The van der Waals surface area contributed by atoms with E-state index in [1.165, 1.54) is 4.88 Å². The maximum absolute atomic E-state index is 12.0. The van der Waals surface area contributed by atoms with Crippen LogP contribution in [-0.2, 0) is 23.0 Å². The van der Waals surface area contributed by atoms with E-state index in [4.69, 9.17) is 5.11 Å². The number of unbranched alkanes of at least 4 members (excludes halogenated alkanes) is 1. The van der Waals surface area contributed by atoms with Crippen molar-refractivity contribution in [1.29, 1.82) is 0 Å². The van der Waals surface area contributed by atoms with Gasteiger partial charge in [0.15, 0.2) is 0 Å². The third-order valence-corrected chi connectivity index (χ3v) is 5.90. The van der Waals surface area contributed by atoms with Crippen LogP contribution >= 0.6 is 11.3 Å². The summed E-state index contributed by atoms with van der Waals surface area (Å²) in [7, 11) is -3.15. The van der Waals surface area contributed by atoms with Crippen molar-refractivity contribution in [2.45, 2.75) is 25.8 Å². The molecule has 0 spiro atoms. The first-order chi connectivity index (χ1) is 8.13. The van der Waals surface area contributed by atoms with E-state index in [9.17, 15) is 8.42 Å². The second-order valence-electron chi connectivity index (χ2n) is 4.20. The van der Waals surface area contributed by atoms with Gasteiger partial charge in [-0.3, -0.25) is 0 Å². The van der Waals surface area contributed by atoms with Crippen LogP contribution in [0.4, 0.5) is 0 Å². The van der Waals surface area contributed by atoms with Crippen molar-refractivity contribution >= 4 is 21.4 Å². The number of nitrogens with zero attached hydrogens (tertiary/aromatic N) is 1. The highest BCUT2D eigenvalue weighted by molar-refractivity contribution is 7.89. The fourth-order valence-electron chi connectivity index (χ4n) is 1.99. The van der Waals surface area contributed by atoms with Crippen LogP contribution in [0.1, 0.15) is 23.3 Å². The maximum Gasteiger partial charge on any atom is 0.214 e. The van der Waals surface area contributed by atoms with E-state index in [-0.39, 0.29) is 12.4 Å². The largest absolute Gasteiger partial charge is 0.396 e. The van der Waals surface area contributed by atoms with Gasteiger partial charge in [0.1, 0.15) is 0 Å². The van der Waals surface area contributed by atoms with Crippen molar-refractivity contribution in [2.75, 3.05) is 18.9 Å². The molecule has 1 aromatic heterocycles. The maximum atomic E-state index is 12.0. The number of fused-ring (bicyclic) bond motifs is 1. The lowest BCUT2D eigenvalue weighted by Crippen LogP contribution is -2.36. The average molecular weight is 275 g/mol.